The Labute approximate surface area is 219 Å². The van der Waals surface area contributed by atoms with Gasteiger partial charge in [-0.1, -0.05) is 42.5 Å². The van der Waals surface area contributed by atoms with Crippen LogP contribution in [0, 0.1) is 0 Å². The van der Waals surface area contributed by atoms with Crippen LogP contribution in [0.4, 0.5) is 4.79 Å². The van der Waals surface area contributed by atoms with Crippen LogP contribution in [0.2, 0.25) is 0 Å². The molecule has 0 spiro atoms. The summed E-state index contributed by atoms with van der Waals surface area (Å²) in [5, 5.41) is 0. The highest BCUT2D eigenvalue weighted by Crippen LogP contribution is 2.36. The number of hydrogen-bond acceptors (Lipinski definition) is 7. The third-order valence-electron chi connectivity index (χ3n) is 6.25. The van der Waals surface area contributed by atoms with Gasteiger partial charge in [0.1, 0.15) is 23.7 Å². The van der Waals surface area contributed by atoms with Gasteiger partial charge in [-0.3, -0.25) is 0 Å². The molecule has 1 aliphatic rings. The molecule has 198 valence electrons. The first-order valence-electron chi connectivity index (χ1n) is 12.2. The van der Waals surface area contributed by atoms with Crippen LogP contribution < -0.4 is 10.2 Å². The molecular weight excluding hydrogens is 473 g/mol. The summed E-state index contributed by atoms with van der Waals surface area (Å²) < 4.78 is 28.7. The Hall–Kier alpha value is -3.17. The number of amides is 1. The highest BCUT2D eigenvalue weighted by molar-refractivity contribution is 6.62. The van der Waals surface area contributed by atoms with Crippen LogP contribution >= 0.6 is 0 Å². The average molecular weight is 509 g/mol. The van der Waals surface area contributed by atoms with Gasteiger partial charge in [-0.25, -0.2) is 9.59 Å². The van der Waals surface area contributed by atoms with Crippen LogP contribution in [0.5, 0.6) is 5.75 Å². The van der Waals surface area contributed by atoms with Crippen molar-refractivity contribution in [2.45, 2.75) is 78.3 Å². The summed E-state index contributed by atoms with van der Waals surface area (Å²) in [6, 6.07) is 15.2. The maximum Gasteiger partial charge on any atom is 0.494 e. The van der Waals surface area contributed by atoms with E-state index in [1.165, 1.54) is 7.11 Å². The van der Waals surface area contributed by atoms with E-state index < -0.39 is 36.0 Å². The molecule has 0 saturated carbocycles. The minimum Gasteiger partial charge on any atom is -0.489 e. The molecule has 9 heteroatoms. The second-order valence-corrected chi connectivity index (χ2v) is 10.9. The number of nitrogens with zero attached hydrogens (tertiary/aromatic N) is 1. The zero-order chi connectivity index (χ0) is 27.4. The fraction of sp³-hybridized carbons (Fsp3) is 0.464. The van der Waals surface area contributed by atoms with E-state index in [4.69, 9.17) is 23.5 Å². The highest BCUT2D eigenvalue weighted by atomic mass is 16.7. The van der Waals surface area contributed by atoms with Gasteiger partial charge in [-0.2, -0.15) is 4.99 Å². The van der Waals surface area contributed by atoms with E-state index in [2.05, 4.69) is 4.99 Å². The fourth-order valence-corrected chi connectivity index (χ4v) is 3.59. The molecule has 0 unspecified atom stereocenters. The Bertz CT molecular complexity index is 1140. The SMILES string of the molecule is COC(=O)C(Cc1cc(B2OC(C)(C)C(C)(C)O2)ccc1OCc1ccccc1)=NC(=O)OC(C)(C)C. The highest BCUT2D eigenvalue weighted by Gasteiger charge is 2.51. The van der Waals surface area contributed by atoms with Crippen molar-refractivity contribution >= 4 is 30.4 Å². The lowest BCUT2D eigenvalue weighted by Crippen LogP contribution is -2.41. The second kappa shape index (κ2) is 11.1. The summed E-state index contributed by atoms with van der Waals surface area (Å²) in [5.41, 5.74) is 0.456. The predicted molar refractivity (Wildman–Crippen MR) is 142 cm³/mol. The van der Waals surface area contributed by atoms with Gasteiger partial charge in [0.05, 0.1) is 18.3 Å². The van der Waals surface area contributed by atoms with Gasteiger partial charge in [0.15, 0.2) is 0 Å². The molecule has 37 heavy (non-hydrogen) atoms. The van der Waals surface area contributed by atoms with E-state index in [0.717, 1.165) is 11.0 Å². The summed E-state index contributed by atoms with van der Waals surface area (Å²) in [7, 11) is 0.622. The number of rotatable bonds is 7. The van der Waals surface area contributed by atoms with Gasteiger partial charge >= 0.3 is 19.2 Å². The Balaban J connectivity index is 1.97. The normalized spacial score (nSPS) is 16.9. The molecule has 1 fully saturated rings. The van der Waals surface area contributed by atoms with Crippen LogP contribution in [0.25, 0.3) is 0 Å². The van der Waals surface area contributed by atoms with Gasteiger partial charge in [0.25, 0.3) is 0 Å². The lowest BCUT2D eigenvalue weighted by Gasteiger charge is -2.32. The molecule has 0 N–H and O–H groups in total. The van der Waals surface area contributed by atoms with Gasteiger partial charge in [-0.15, -0.1) is 0 Å². The maximum absolute atomic E-state index is 12.6. The number of hydrogen-bond donors (Lipinski definition) is 0. The molecule has 2 aromatic carbocycles. The number of methoxy groups -OCH3 is 1. The van der Waals surface area contributed by atoms with E-state index in [9.17, 15) is 9.59 Å². The standard InChI is InChI=1S/C28H36BNO7/c1-26(2,3)35-25(32)30-22(24(31)33-8)17-20-16-21(29-36-27(4,5)28(6,7)37-29)14-15-23(20)34-18-19-12-10-9-11-13-19/h9-16H,17-18H2,1-8H3. The Morgan fingerprint density at radius 2 is 1.59 bits per heavy atom. The van der Waals surface area contributed by atoms with Crippen LogP contribution in [0.15, 0.2) is 53.5 Å². The third kappa shape index (κ3) is 7.43. The van der Waals surface area contributed by atoms with Crippen molar-refractivity contribution in [1.82, 2.24) is 0 Å². The maximum atomic E-state index is 12.6. The third-order valence-corrected chi connectivity index (χ3v) is 6.25. The van der Waals surface area contributed by atoms with Gasteiger partial charge < -0.3 is 23.5 Å². The molecule has 8 nitrogen and oxygen atoms in total. The monoisotopic (exact) mass is 509 g/mol. The van der Waals surface area contributed by atoms with Gasteiger partial charge in [0.2, 0.25) is 0 Å². The van der Waals surface area contributed by atoms with Crippen LogP contribution in [-0.4, -0.2) is 48.8 Å². The smallest absolute Gasteiger partial charge is 0.489 e. The fourth-order valence-electron chi connectivity index (χ4n) is 3.59. The number of esters is 1. The molecule has 0 aromatic heterocycles. The van der Waals surface area contributed by atoms with Crippen molar-refractivity contribution in [3.8, 4) is 5.75 Å². The molecule has 0 atom stereocenters. The van der Waals surface area contributed by atoms with E-state index >= 15 is 0 Å². The molecule has 0 aliphatic carbocycles. The summed E-state index contributed by atoms with van der Waals surface area (Å²) in [4.78, 5) is 28.9. The van der Waals surface area contributed by atoms with E-state index in [0.29, 0.717) is 17.9 Å². The lowest BCUT2D eigenvalue weighted by molar-refractivity contribution is -0.132. The van der Waals surface area contributed by atoms with Crippen molar-refractivity contribution in [2.75, 3.05) is 7.11 Å². The zero-order valence-electron chi connectivity index (χ0n) is 22.9. The first-order chi connectivity index (χ1) is 17.2. The molecular formula is C28H36BNO7. The summed E-state index contributed by atoms with van der Waals surface area (Å²) in [5.74, 6) is -0.203. The molecule has 1 saturated heterocycles. The molecule has 2 aromatic rings. The second-order valence-electron chi connectivity index (χ2n) is 10.9. The van der Waals surface area contributed by atoms with Crippen LogP contribution in [0.3, 0.4) is 0 Å². The van der Waals surface area contributed by atoms with Crippen molar-refractivity contribution in [3.63, 3.8) is 0 Å². The van der Waals surface area contributed by atoms with Gasteiger partial charge in [-0.05, 0) is 65.6 Å². The largest absolute Gasteiger partial charge is 0.494 e. The molecule has 3 rings (SSSR count). The van der Waals surface area contributed by atoms with Crippen molar-refractivity contribution < 1.29 is 33.1 Å². The Morgan fingerprint density at radius 3 is 2.16 bits per heavy atom. The van der Waals surface area contributed by atoms with Gasteiger partial charge in [0, 0.05) is 12.0 Å². The first-order valence-corrected chi connectivity index (χ1v) is 12.2. The Morgan fingerprint density at radius 1 is 0.973 bits per heavy atom. The van der Waals surface area contributed by atoms with Crippen molar-refractivity contribution in [3.05, 3.63) is 59.7 Å². The molecule has 0 radical (unpaired) electrons. The summed E-state index contributed by atoms with van der Waals surface area (Å²) in [6.07, 6.45) is -0.898. The molecule has 0 bridgehead atoms. The average Bonchev–Trinajstić information content (AvgIpc) is 3.03. The molecule has 1 amide bonds. The topological polar surface area (TPSA) is 92.7 Å². The number of benzene rings is 2. The number of aliphatic imine (C=N–C) groups is 1. The van der Waals surface area contributed by atoms with E-state index in [1.807, 2.05) is 70.2 Å². The van der Waals surface area contributed by atoms with E-state index in [-0.39, 0.29) is 12.1 Å². The van der Waals surface area contributed by atoms with Crippen LogP contribution in [0.1, 0.15) is 59.6 Å². The minimum atomic E-state index is -0.873. The number of carbonyl (C=O) groups excluding carboxylic acids is 2. The number of ether oxygens (including phenoxy) is 3. The summed E-state index contributed by atoms with van der Waals surface area (Å²) >= 11 is 0. The zero-order valence-corrected chi connectivity index (χ0v) is 22.9. The summed E-state index contributed by atoms with van der Waals surface area (Å²) in [6.45, 7) is 13.4. The van der Waals surface area contributed by atoms with Crippen molar-refractivity contribution in [1.29, 1.82) is 0 Å². The van der Waals surface area contributed by atoms with Crippen LogP contribution in [-0.2, 0) is 36.6 Å². The number of carbonyl (C=O) groups is 2. The first kappa shape index (κ1) is 28.4. The quantitative estimate of drug-likeness (QED) is 0.305. The molecule has 1 heterocycles. The Kier molecular flexibility index (Phi) is 8.50. The predicted octanol–water partition coefficient (Wildman–Crippen LogP) is 4.66. The minimum absolute atomic E-state index is 0.0244. The molecule has 1 aliphatic heterocycles. The lowest BCUT2D eigenvalue weighted by atomic mass is 9.78. The van der Waals surface area contributed by atoms with E-state index in [1.54, 1.807) is 26.8 Å². The van der Waals surface area contributed by atoms with Crippen molar-refractivity contribution in [2.24, 2.45) is 4.99 Å².